The highest BCUT2D eigenvalue weighted by molar-refractivity contribution is 5.94. The molecule has 0 saturated carbocycles. The number of halogens is 1. The summed E-state index contributed by atoms with van der Waals surface area (Å²) in [5.74, 6) is 5.94. The molecule has 2 N–H and O–H groups in total. The van der Waals surface area contributed by atoms with Crippen LogP contribution in [0.25, 0.3) is 0 Å². The second-order valence-corrected chi connectivity index (χ2v) is 7.83. The summed E-state index contributed by atoms with van der Waals surface area (Å²) in [5, 5.41) is 0. The van der Waals surface area contributed by atoms with Crippen molar-refractivity contribution in [2.45, 2.75) is 25.3 Å². The molecule has 1 heterocycles. The second kappa shape index (κ2) is 9.59. The second-order valence-electron chi connectivity index (χ2n) is 7.83. The monoisotopic (exact) mass is 412 g/mol. The quantitative estimate of drug-likeness (QED) is 0.634. The molecule has 31 heavy (non-hydrogen) atoms. The van der Waals surface area contributed by atoms with Crippen molar-refractivity contribution in [3.63, 3.8) is 0 Å². The van der Waals surface area contributed by atoms with Crippen molar-refractivity contribution < 1.29 is 9.18 Å². The van der Waals surface area contributed by atoms with E-state index in [1.807, 2.05) is 29.2 Å². The molecule has 0 spiro atoms. The SMILES string of the molecule is NCc1cccc(C2CCN(C(=O)c3cccc(C#Cc4ccccc4F)c3)CC2)c1. The third kappa shape index (κ3) is 5.02. The first kappa shape index (κ1) is 20.8. The van der Waals surface area contributed by atoms with E-state index in [4.69, 9.17) is 5.73 Å². The van der Waals surface area contributed by atoms with Crippen LogP contribution in [0.2, 0.25) is 0 Å². The Kier molecular flexibility index (Phi) is 6.45. The van der Waals surface area contributed by atoms with Crippen molar-refractivity contribution in [2.24, 2.45) is 5.73 Å². The Morgan fingerprint density at radius 2 is 1.74 bits per heavy atom. The molecule has 156 valence electrons. The first-order chi connectivity index (χ1) is 15.1. The zero-order valence-corrected chi connectivity index (χ0v) is 17.4. The highest BCUT2D eigenvalue weighted by Crippen LogP contribution is 2.29. The van der Waals surface area contributed by atoms with Crippen LogP contribution in [0.15, 0.2) is 72.8 Å². The number of amides is 1. The number of benzene rings is 3. The Bertz CT molecular complexity index is 1140. The van der Waals surface area contributed by atoms with E-state index < -0.39 is 0 Å². The molecular weight excluding hydrogens is 387 g/mol. The Morgan fingerprint density at radius 3 is 2.52 bits per heavy atom. The molecule has 0 atom stereocenters. The van der Waals surface area contributed by atoms with Crippen LogP contribution in [0.4, 0.5) is 4.39 Å². The number of hydrogen-bond acceptors (Lipinski definition) is 2. The highest BCUT2D eigenvalue weighted by Gasteiger charge is 2.24. The van der Waals surface area contributed by atoms with Gasteiger partial charge in [0.2, 0.25) is 0 Å². The minimum absolute atomic E-state index is 0.0173. The first-order valence-electron chi connectivity index (χ1n) is 10.6. The number of rotatable bonds is 3. The molecule has 3 nitrogen and oxygen atoms in total. The maximum atomic E-state index is 13.8. The summed E-state index contributed by atoms with van der Waals surface area (Å²) in [6.45, 7) is 1.99. The lowest BCUT2D eigenvalue weighted by Crippen LogP contribution is -2.37. The van der Waals surface area contributed by atoms with Gasteiger partial charge in [0.25, 0.3) is 5.91 Å². The minimum atomic E-state index is -0.345. The number of piperidine rings is 1. The van der Waals surface area contributed by atoms with E-state index in [1.165, 1.54) is 11.6 Å². The van der Waals surface area contributed by atoms with Gasteiger partial charge in [0.15, 0.2) is 0 Å². The molecule has 3 aromatic carbocycles. The van der Waals surface area contributed by atoms with E-state index in [0.29, 0.717) is 29.2 Å². The van der Waals surface area contributed by atoms with Crippen LogP contribution >= 0.6 is 0 Å². The van der Waals surface area contributed by atoms with Crippen molar-refractivity contribution in [3.8, 4) is 11.8 Å². The van der Waals surface area contributed by atoms with Crippen LogP contribution < -0.4 is 5.73 Å². The molecule has 1 saturated heterocycles. The Hall–Kier alpha value is -3.42. The topological polar surface area (TPSA) is 46.3 Å². The number of nitrogens with zero attached hydrogens (tertiary/aromatic N) is 1. The number of likely N-dealkylation sites (tertiary alicyclic amines) is 1. The van der Waals surface area contributed by atoms with Crippen molar-refractivity contribution in [1.82, 2.24) is 4.90 Å². The van der Waals surface area contributed by atoms with Gasteiger partial charge in [-0.05, 0) is 60.2 Å². The number of nitrogens with two attached hydrogens (primary N) is 1. The average Bonchev–Trinajstić information content (AvgIpc) is 2.83. The Balaban J connectivity index is 1.43. The maximum Gasteiger partial charge on any atom is 0.253 e. The Labute approximate surface area is 182 Å². The molecule has 1 aliphatic rings. The lowest BCUT2D eigenvalue weighted by atomic mass is 9.88. The fourth-order valence-electron chi connectivity index (χ4n) is 4.00. The van der Waals surface area contributed by atoms with Crippen LogP contribution in [0.1, 0.15) is 51.4 Å². The molecule has 0 aliphatic carbocycles. The summed E-state index contributed by atoms with van der Waals surface area (Å²) >= 11 is 0. The summed E-state index contributed by atoms with van der Waals surface area (Å²) < 4.78 is 13.8. The minimum Gasteiger partial charge on any atom is -0.339 e. The molecule has 1 fully saturated rings. The highest BCUT2D eigenvalue weighted by atomic mass is 19.1. The lowest BCUT2D eigenvalue weighted by molar-refractivity contribution is 0.0713. The van der Waals surface area contributed by atoms with Gasteiger partial charge in [-0.15, -0.1) is 0 Å². The maximum absolute atomic E-state index is 13.8. The van der Waals surface area contributed by atoms with Gasteiger partial charge in [0.05, 0.1) is 5.56 Å². The molecule has 3 aromatic rings. The third-order valence-electron chi connectivity index (χ3n) is 5.77. The van der Waals surface area contributed by atoms with Gasteiger partial charge in [-0.25, -0.2) is 4.39 Å². The third-order valence-corrected chi connectivity index (χ3v) is 5.77. The van der Waals surface area contributed by atoms with E-state index in [2.05, 4.69) is 30.0 Å². The van der Waals surface area contributed by atoms with Crippen molar-refractivity contribution in [2.75, 3.05) is 13.1 Å². The summed E-state index contributed by atoms with van der Waals surface area (Å²) in [6.07, 6.45) is 1.87. The zero-order valence-electron chi connectivity index (χ0n) is 17.4. The fourth-order valence-corrected chi connectivity index (χ4v) is 4.00. The average molecular weight is 413 g/mol. The molecule has 1 amide bonds. The Morgan fingerprint density at radius 1 is 0.968 bits per heavy atom. The van der Waals surface area contributed by atoms with E-state index in [1.54, 1.807) is 24.3 Å². The summed E-state index contributed by atoms with van der Waals surface area (Å²) in [4.78, 5) is 14.9. The van der Waals surface area contributed by atoms with Crippen molar-refractivity contribution >= 4 is 5.91 Å². The van der Waals surface area contributed by atoms with Gasteiger partial charge in [-0.3, -0.25) is 4.79 Å². The lowest BCUT2D eigenvalue weighted by Gasteiger charge is -2.32. The molecule has 0 bridgehead atoms. The van der Waals surface area contributed by atoms with Gasteiger partial charge < -0.3 is 10.6 Å². The first-order valence-corrected chi connectivity index (χ1v) is 10.6. The molecule has 0 aromatic heterocycles. The molecule has 4 rings (SSSR count). The molecular formula is C27H25FN2O. The van der Waals surface area contributed by atoms with Crippen LogP contribution in [-0.2, 0) is 6.54 Å². The van der Waals surface area contributed by atoms with Crippen LogP contribution in [0.3, 0.4) is 0 Å². The van der Waals surface area contributed by atoms with Crippen molar-refractivity contribution in [1.29, 1.82) is 0 Å². The van der Waals surface area contributed by atoms with Gasteiger partial charge in [-0.2, -0.15) is 0 Å². The molecule has 1 aliphatic heterocycles. The normalized spacial score (nSPS) is 14.1. The van der Waals surface area contributed by atoms with Crippen LogP contribution in [0.5, 0.6) is 0 Å². The summed E-state index contributed by atoms with van der Waals surface area (Å²) in [7, 11) is 0. The number of hydrogen-bond donors (Lipinski definition) is 1. The van der Waals surface area contributed by atoms with Crippen LogP contribution in [-0.4, -0.2) is 23.9 Å². The molecule has 0 radical (unpaired) electrons. The number of carbonyl (C=O) groups excluding carboxylic acids is 1. The smallest absolute Gasteiger partial charge is 0.253 e. The molecule has 0 unspecified atom stereocenters. The van der Waals surface area contributed by atoms with E-state index in [9.17, 15) is 9.18 Å². The van der Waals surface area contributed by atoms with E-state index in [-0.39, 0.29) is 11.7 Å². The predicted octanol–water partition coefficient (Wildman–Crippen LogP) is 4.70. The predicted molar refractivity (Wildman–Crippen MR) is 121 cm³/mol. The summed E-state index contributed by atoms with van der Waals surface area (Å²) in [6, 6.07) is 22.1. The van der Waals surface area contributed by atoms with Gasteiger partial charge in [0, 0.05) is 30.8 Å². The van der Waals surface area contributed by atoms with Gasteiger partial charge in [0.1, 0.15) is 5.82 Å². The van der Waals surface area contributed by atoms with E-state index >= 15 is 0 Å². The van der Waals surface area contributed by atoms with Crippen LogP contribution in [0, 0.1) is 17.7 Å². The van der Waals surface area contributed by atoms with Crippen molar-refractivity contribution in [3.05, 3.63) is 106 Å². The zero-order chi connectivity index (χ0) is 21.6. The molecule has 4 heteroatoms. The number of carbonyl (C=O) groups is 1. The largest absolute Gasteiger partial charge is 0.339 e. The standard InChI is InChI=1S/C27H25FN2O/c28-26-10-2-1-7-23(26)12-11-20-5-3-9-25(17-20)27(31)30-15-13-22(14-16-30)24-8-4-6-21(18-24)19-29/h1-10,17-18,22H,13-16,19,29H2. The van der Waals surface area contributed by atoms with Gasteiger partial charge >= 0.3 is 0 Å². The van der Waals surface area contributed by atoms with E-state index in [0.717, 1.165) is 31.5 Å². The van der Waals surface area contributed by atoms with Gasteiger partial charge in [-0.1, -0.05) is 54.3 Å². The summed E-state index contributed by atoms with van der Waals surface area (Å²) in [5.41, 5.74) is 9.88. The fraction of sp³-hybridized carbons (Fsp3) is 0.222.